The molecular weight excluding hydrogens is 308 g/mol. The Morgan fingerprint density at radius 3 is 2.87 bits per heavy atom. The molecule has 0 aliphatic carbocycles. The van der Waals surface area contributed by atoms with Crippen molar-refractivity contribution in [1.29, 1.82) is 0 Å². The molecule has 1 spiro atoms. The fraction of sp³-hybridized carbons (Fsp3) is 0.778. The van der Waals surface area contributed by atoms with Crippen LogP contribution in [0.4, 0.5) is 0 Å². The summed E-state index contributed by atoms with van der Waals surface area (Å²) in [5, 5.41) is 4.46. The first-order valence-corrected chi connectivity index (χ1v) is 9.90. The van der Waals surface area contributed by atoms with Gasteiger partial charge in [0.25, 0.3) is 0 Å². The van der Waals surface area contributed by atoms with Gasteiger partial charge in [0, 0.05) is 50.8 Å². The van der Waals surface area contributed by atoms with Gasteiger partial charge in [-0.25, -0.2) is 0 Å². The SMILES string of the molecule is c1cc(CN2CCOC[C@]3(CCN(C4CCOCC4)C3)C2)cs1. The monoisotopic (exact) mass is 336 g/mol. The summed E-state index contributed by atoms with van der Waals surface area (Å²) in [6, 6.07) is 2.99. The molecular formula is C18H28N2O2S. The van der Waals surface area contributed by atoms with E-state index in [9.17, 15) is 0 Å². The van der Waals surface area contributed by atoms with Crippen LogP contribution in [0.5, 0.6) is 0 Å². The molecule has 1 atom stereocenters. The molecule has 0 aromatic carbocycles. The zero-order valence-corrected chi connectivity index (χ0v) is 14.7. The molecule has 4 rings (SSSR count). The molecule has 5 heteroatoms. The number of likely N-dealkylation sites (tertiary alicyclic amines) is 1. The van der Waals surface area contributed by atoms with E-state index < -0.39 is 0 Å². The van der Waals surface area contributed by atoms with E-state index in [1.54, 1.807) is 11.3 Å². The third-order valence-corrected chi connectivity index (χ3v) is 6.41. The van der Waals surface area contributed by atoms with Crippen LogP contribution in [0.1, 0.15) is 24.8 Å². The van der Waals surface area contributed by atoms with Crippen molar-refractivity contribution < 1.29 is 9.47 Å². The Bertz CT molecular complexity index is 489. The van der Waals surface area contributed by atoms with Gasteiger partial charge in [-0.2, -0.15) is 11.3 Å². The summed E-state index contributed by atoms with van der Waals surface area (Å²) in [4.78, 5) is 5.34. The van der Waals surface area contributed by atoms with E-state index in [1.807, 2.05) is 0 Å². The molecule has 0 bridgehead atoms. The lowest BCUT2D eigenvalue weighted by Gasteiger charge is -2.35. The van der Waals surface area contributed by atoms with Crippen LogP contribution in [0.25, 0.3) is 0 Å². The first kappa shape index (κ1) is 16.0. The summed E-state index contributed by atoms with van der Waals surface area (Å²) in [6.45, 7) is 9.46. The van der Waals surface area contributed by atoms with E-state index in [2.05, 4.69) is 26.6 Å². The molecule has 0 radical (unpaired) electrons. The quantitative estimate of drug-likeness (QED) is 0.846. The second-order valence-corrected chi connectivity index (χ2v) is 8.24. The molecule has 128 valence electrons. The predicted octanol–water partition coefficient (Wildman–Crippen LogP) is 2.45. The van der Waals surface area contributed by atoms with Gasteiger partial charge >= 0.3 is 0 Å². The van der Waals surface area contributed by atoms with Crippen LogP contribution in [0.15, 0.2) is 16.8 Å². The lowest BCUT2D eigenvalue weighted by atomic mass is 9.87. The zero-order chi connectivity index (χ0) is 15.5. The Kier molecular flexibility index (Phi) is 5.02. The van der Waals surface area contributed by atoms with Crippen LogP contribution in [0.2, 0.25) is 0 Å². The molecule has 1 aromatic heterocycles. The van der Waals surface area contributed by atoms with Crippen molar-refractivity contribution in [3.8, 4) is 0 Å². The molecule has 23 heavy (non-hydrogen) atoms. The molecule has 3 aliphatic heterocycles. The van der Waals surface area contributed by atoms with Crippen LogP contribution in [-0.4, -0.2) is 68.4 Å². The predicted molar refractivity (Wildman–Crippen MR) is 92.9 cm³/mol. The van der Waals surface area contributed by atoms with Crippen molar-refractivity contribution in [3.05, 3.63) is 22.4 Å². The van der Waals surface area contributed by atoms with E-state index >= 15 is 0 Å². The third-order valence-electron chi connectivity index (χ3n) is 5.68. The number of hydrogen-bond acceptors (Lipinski definition) is 5. The van der Waals surface area contributed by atoms with Crippen molar-refractivity contribution in [2.24, 2.45) is 5.41 Å². The summed E-state index contributed by atoms with van der Waals surface area (Å²) in [5.41, 5.74) is 1.79. The van der Waals surface area contributed by atoms with Gasteiger partial charge in [-0.3, -0.25) is 9.80 Å². The van der Waals surface area contributed by atoms with Gasteiger partial charge in [-0.15, -0.1) is 0 Å². The van der Waals surface area contributed by atoms with Crippen molar-refractivity contribution in [3.63, 3.8) is 0 Å². The smallest absolute Gasteiger partial charge is 0.0593 e. The molecule has 3 saturated heterocycles. The van der Waals surface area contributed by atoms with Gasteiger partial charge in [-0.05, 0) is 48.2 Å². The van der Waals surface area contributed by atoms with Crippen molar-refractivity contribution in [1.82, 2.24) is 9.80 Å². The molecule has 4 nitrogen and oxygen atoms in total. The van der Waals surface area contributed by atoms with E-state index in [0.29, 0.717) is 5.41 Å². The fourth-order valence-corrected chi connectivity index (χ4v) is 5.10. The molecule has 0 N–H and O–H groups in total. The molecule has 0 saturated carbocycles. The average Bonchev–Trinajstić information content (AvgIpc) is 3.18. The molecule has 3 aliphatic rings. The van der Waals surface area contributed by atoms with E-state index in [0.717, 1.165) is 45.6 Å². The largest absolute Gasteiger partial charge is 0.381 e. The van der Waals surface area contributed by atoms with Crippen LogP contribution in [0.3, 0.4) is 0 Å². The highest BCUT2D eigenvalue weighted by Crippen LogP contribution is 2.36. The summed E-state index contributed by atoms with van der Waals surface area (Å²) < 4.78 is 11.6. The molecule has 0 unspecified atom stereocenters. The van der Waals surface area contributed by atoms with Crippen LogP contribution in [0, 0.1) is 5.41 Å². The third kappa shape index (κ3) is 3.80. The highest BCUT2D eigenvalue weighted by molar-refractivity contribution is 7.07. The summed E-state index contributed by atoms with van der Waals surface area (Å²) in [6.07, 6.45) is 3.69. The minimum atomic E-state index is 0.338. The van der Waals surface area contributed by atoms with Crippen molar-refractivity contribution in [2.45, 2.75) is 31.8 Å². The van der Waals surface area contributed by atoms with Crippen LogP contribution < -0.4 is 0 Å². The Morgan fingerprint density at radius 1 is 1.13 bits per heavy atom. The highest BCUT2D eigenvalue weighted by atomic mass is 32.1. The maximum Gasteiger partial charge on any atom is 0.0593 e. The van der Waals surface area contributed by atoms with E-state index in [-0.39, 0.29) is 0 Å². The van der Waals surface area contributed by atoms with Crippen molar-refractivity contribution in [2.75, 3.05) is 52.6 Å². The number of nitrogens with zero attached hydrogens (tertiary/aromatic N) is 2. The number of ether oxygens (including phenoxy) is 2. The molecule has 0 amide bonds. The van der Waals surface area contributed by atoms with Crippen molar-refractivity contribution >= 4 is 11.3 Å². The average molecular weight is 337 g/mol. The van der Waals surface area contributed by atoms with Crippen LogP contribution in [-0.2, 0) is 16.0 Å². The van der Waals surface area contributed by atoms with Gasteiger partial charge in [-0.1, -0.05) is 0 Å². The zero-order valence-electron chi connectivity index (χ0n) is 13.9. The Morgan fingerprint density at radius 2 is 2.04 bits per heavy atom. The highest BCUT2D eigenvalue weighted by Gasteiger charge is 2.43. The first-order chi connectivity index (χ1) is 11.3. The number of thiophene rings is 1. The fourth-order valence-electron chi connectivity index (χ4n) is 4.44. The van der Waals surface area contributed by atoms with Gasteiger partial charge in [0.05, 0.1) is 13.2 Å². The Balaban J connectivity index is 1.40. The number of rotatable bonds is 3. The van der Waals surface area contributed by atoms with Gasteiger partial charge in [0.15, 0.2) is 0 Å². The second kappa shape index (κ2) is 7.19. The normalized spacial score (nSPS) is 31.7. The first-order valence-electron chi connectivity index (χ1n) is 8.96. The summed E-state index contributed by atoms with van der Waals surface area (Å²) in [5.74, 6) is 0. The molecule has 1 aromatic rings. The molecule has 4 heterocycles. The topological polar surface area (TPSA) is 24.9 Å². The minimum absolute atomic E-state index is 0.338. The van der Waals surface area contributed by atoms with E-state index in [1.165, 1.54) is 44.5 Å². The number of hydrogen-bond donors (Lipinski definition) is 0. The Hall–Kier alpha value is -0.460. The van der Waals surface area contributed by atoms with Crippen LogP contribution >= 0.6 is 11.3 Å². The van der Waals surface area contributed by atoms with Gasteiger partial charge in [0.2, 0.25) is 0 Å². The second-order valence-electron chi connectivity index (χ2n) is 7.46. The van der Waals surface area contributed by atoms with Gasteiger partial charge in [0.1, 0.15) is 0 Å². The minimum Gasteiger partial charge on any atom is -0.381 e. The maximum atomic E-state index is 6.03. The lowest BCUT2D eigenvalue weighted by molar-refractivity contribution is 0.0284. The maximum absolute atomic E-state index is 6.03. The lowest BCUT2D eigenvalue weighted by Crippen LogP contribution is -2.43. The van der Waals surface area contributed by atoms with E-state index in [4.69, 9.17) is 9.47 Å². The standard InChI is InChI=1S/C18H28N2O2S/c1-7-21-8-2-17(1)20-5-4-18(14-20)13-19(6-9-22-15-18)11-16-3-10-23-12-16/h3,10,12,17H,1-2,4-9,11,13-15H2/t18-/m1/s1. The summed E-state index contributed by atoms with van der Waals surface area (Å²) in [7, 11) is 0. The van der Waals surface area contributed by atoms with Gasteiger partial charge < -0.3 is 9.47 Å². The molecule has 3 fully saturated rings. The Labute approximate surface area is 143 Å². The summed E-state index contributed by atoms with van der Waals surface area (Å²) >= 11 is 1.80.